The average Bonchev–Trinajstić information content (AvgIpc) is 3.25. The smallest absolute Gasteiger partial charge is 0.344 e. The van der Waals surface area contributed by atoms with E-state index in [4.69, 9.17) is 18.9 Å². The second-order valence-electron chi connectivity index (χ2n) is 6.24. The van der Waals surface area contributed by atoms with Crippen molar-refractivity contribution in [3.8, 4) is 27.8 Å². The van der Waals surface area contributed by atoms with E-state index in [1.165, 1.54) is 18.3 Å². The Morgan fingerprint density at radius 2 is 1.73 bits per heavy atom. The van der Waals surface area contributed by atoms with Gasteiger partial charge in [-0.15, -0.1) is 11.3 Å². The molecule has 0 aliphatic rings. The average molecular weight is 427 g/mol. The van der Waals surface area contributed by atoms with Gasteiger partial charge in [-0.1, -0.05) is 0 Å². The molecule has 0 radical (unpaired) electrons. The van der Waals surface area contributed by atoms with Crippen molar-refractivity contribution in [1.29, 1.82) is 0 Å². The number of esters is 1. The van der Waals surface area contributed by atoms with Crippen LogP contribution in [0.3, 0.4) is 0 Å². The first-order valence-electron chi connectivity index (χ1n) is 9.06. The van der Waals surface area contributed by atoms with Crippen molar-refractivity contribution < 1.29 is 28.5 Å². The third kappa shape index (κ3) is 5.36. The highest BCUT2D eigenvalue weighted by Gasteiger charge is 2.11. The van der Waals surface area contributed by atoms with Crippen LogP contribution in [0.5, 0.6) is 17.2 Å². The SMILES string of the molecule is COc1ccc(-c2nc(COC(=O)COc3ccc(C(C)=O)cc3)cs2)cc1OC. The highest BCUT2D eigenvalue weighted by atomic mass is 32.1. The Bertz CT molecular complexity index is 1030. The monoisotopic (exact) mass is 427 g/mol. The molecule has 0 unspecified atom stereocenters. The summed E-state index contributed by atoms with van der Waals surface area (Å²) in [4.78, 5) is 27.7. The molecule has 30 heavy (non-hydrogen) atoms. The number of methoxy groups -OCH3 is 2. The molecule has 0 fully saturated rings. The quantitative estimate of drug-likeness (QED) is 0.375. The number of carbonyl (C=O) groups excluding carboxylic acids is 2. The van der Waals surface area contributed by atoms with Crippen LogP contribution in [0.2, 0.25) is 0 Å². The number of ether oxygens (including phenoxy) is 4. The molecule has 0 saturated heterocycles. The Morgan fingerprint density at radius 3 is 2.40 bits per heavy atom. The van der Waals surface area contributed by atoms with E-state index in [2.05, 4.69) is 4.98 Å². The van der Waals surface area contributed by atoms with E-state index in [0.717, 1.165) is 10.6 Å². The number of thiazole rings is 1. The predicted molar refractivity (Wildman–Crippen MR) is 112 cm³/mol. The molecule has 8 heteroatoms. The van der Waals surface area contributed by atoms with Gasteiger partial charge in [0.1, 0.15) is 17.4 Å². The summed E-state index contributed by atoms with van der Waals surface area (Å²) < 4.78 is 21.2. The molecule has 7 nitrogen and oxygen atoms in total. The minimum absolute atomic E-state index is 0.0309. The number of ketones is 1. The van der Waals surface area contributed by atoms with Crippen LogP contribution in [0.25, 0.3) is 10.6 Å². The fraction of sp³-hybridized carbons (Fsp3) is 0.227. The Morgan fingerprint density at radius 1 is 1.00 bits per heavy atom. The molecule has 0 N–H and O–H groups in total. The minimum Gasteiger partial charge on any atom is -0.493 e. The lowest BCUT2D eigenvalue weighted by atomic mass is 10.1. The molecule has 0 aliphatic carbocycles. The predicted octanol–water partition coefficient (Wildman–Crippen LogP) is 4.15. The molecule has 0 saturated carbocycles. The Hall–Kier alpha value is -3.39. The second-order valence-corrected chi connectivity index (χ2v) is 7.10. The standard InChI is InChI=1S/C22H21NO6S/c1-14(24)15-4-7-18(8-5-15)28-12-21(25)29-11-17-13-30-22(23-17)16-6-9-19(26-2)20(10-16)27-3/h4-10,13H,11-12H2,1-3H3. The molecule has 0 bridgehead atoms. The van der Waals surface area contributed by atoms with E-state index in [0.29, 0.717) is 28.5 Å². The molecule has 3 rings (SSSR count). The molecule has 0 spiro atoms. The zero-order valence-corrected chi connectivity index (χ0v) is 17.7. The lowest BCUT2D eigenvalue weighted by Gasteiger charge is -2.08. The van der Waals surface area contributed by atoms with Crippen molar-refractivity contribution in [3.05, 3.63) is 59.1 Å². The summed E-state index contributed by atoms with van der Waals surface area (Å²) in [7, 11) is 3.16. The van der Waals surface area contributed by atoms with E-state index >= 15 is 0 Å². The van der Waals surface area contributed by atoms with Gasteiger partial charge in [0, 0.05) is 16.5 Å². The lowest BCUT2D eigenvalue weighted by molar-refractivity contribution is -0.147. The molecule has 1 heterocycles. The summed E-state index contributed by atoms with van der Waals surface area (Å²) in [5, 5.41) is 2.62. The summed E-state index contributed by atoms with van der Waals surface area (Å²) in [6, 6.07) is 12.1. The van der Waals surface area contributed by atoms with Gasteiger partial charge >= 0.3 is 5.97 Å². The third-order valence-corrected chi connectivity index (χ3v) is 5.12. The molecule has 3 aromatic rings. The third-order valence-electron chi connectivity index (χ3n) is 4.18. The molecular formula is C22H21NO6S. The summed E-state index contributed by atoms with van der Waals surface area (Å²) >= 11 is 1.44. The Labute approximate surface area is 178 Å². The highest BCUT2D eigenvalue weighted by molar-refractivity contribution is 7.13. The number of Topliss-reactive ketones (excluding diaryl/α,β-unsaturated/α-hetero) is 1. The van der Waals surface area contributed by atoms with Gasteiger partial charge in [-0.05, 0) is 49.4 Å². The van der Waals surface area contributed by atoms with Crippen molar-refractivity contribution in [2.45, 2.75) is 13.5 Å². The van der Waals surface area contributed by atoms with Gasteiger partial charge < -0.3 is 18.9 Å². The van der Waals surface area contributed by atoms with Crippen LogP contribution < -0.4 is 14.2 Å². The number of hydrogen-bond donors (Lipinski definition) is 0. The van der Waals surface area contributed by atoms with Crippen molar-refractivity contribution in [2.24, 2.45) is 0 Å². The summed E-state index contributed by atoms with van der Waals surface area (Å²) in [5.74, 6) is 1.21. The second kappa shape index (κ2) is 9.89. The van der Waals surface area contributed by atoms with Crippen LogP contribution in [0.15, 0.2) is 47.8 Å². The van der Waals surface area contributed by atoms with Crippen LogP contribution in [0, 0.1) is 0 Å². The maximum Gasteiger partial charge on any atom is 0.344 e. The zero-order valence-electron chi connectivity index (χ0n) is 16.8. The first-order chi connectivity index (χ1) is 14.5. The number of carbonyl (C=O) groups is 2. The Balaban J connectivity index is 1.52. The highest BCUT2D eigenvalue weighted by Crippen LogP contribution is 2.33. The van der Waals surface area contributed by atoms with E-state index in [-0.39, 0.29) is 19.0 Å². The number of rotatable bonds is 9. The van der Waals surface area contributed by atoms with E-state index in [1.54, 1.807) is 38.5 Å². The van der Waals surface area contributed by atoms with Crippen molar-refractivity contribution >= 4 is 23.1 Å². The van der Waals surface area contributed by atoms with Crippen molar-refractivity contribution in [2.75, 3.05) is 20.8 Å². The zero-order chi connectivity index (χ0) is 21.5. The van der Waals surface area contributed by atoms with Crippen LogP contribution in [0.1, 0.15) is 23.0 Å². The van der Waals surface area contributed by atoms with E-state index < -0.39 is 5.97 Å². The van der Waals surface area contributed by atoms with E-state index in [1.807, 2.05) is 23.6 Å². The fourth-order valence-electron chi connectivity index (χ4n) is 2.60. The maximum atomic E-state index is 11.9. The van der Waals surface area contributed by atoms with Crippen LogP contribution in [0.4, 0.5) is 0 Å². The normalized spacial score (nSPS) is 10.4. The van der Waals surface area contributed by atoms with E-state index in [9.17, 15) is 9.59 Å². The van der Waals surface area contributed by atoms with Crippen molar-refractivity contribution in [3.63, 3.8) is 0 Å². The first-order valence-corrected chi connectivity index (χ1v) is 9.94. The molecule has 1 aromatic heterocycles. The van der Waals surface area contributed by atoms with Gasteiger partial charge in [-0.3, -0.25) is 4.79 Å². The molecule has 2 aromatic carbocycles. The number of benzene rings is 2. The lowest BCUT2D eigenvalue weighted by Crippen LogP contribution is -2.14. The maximum absolute atomic E-state index is 11.9. The Kier molecular flexibility index (Phi) is 7.03. The van der Waals surface area contributed by atoms with Crippen LogP contribution >= 0.6 is 11.3 Å². The van der Waals surface area contributed by atoms with Crippen LogP contribution in [-0.4, -0.2) is 37.6 Å². The van der Waals surface area contributed by atoms with Gasteiger partial charge in [0.15, 0.2) is 23.9 Å². The first kappa shape index (κ1) is 21.3. The largest absolute Gasteiger partial charge is 0.493 e. The summed E-state index contributed by atoms with van der Waals surface area (Å²) in [6.07, 6.45) is 0. The number of nitrogens with zero attached hydrogens (tertiary/aromatic N) is 1. The van der Waals surface area contributed by atoms with Gasteiger partial charge in [0.05, 0.1) is 19.9 Å². The molecule has 0 amide bonds. The molecule has 156 valence electrons. The fourth-order valence-corrected chi connectivity index (χ4v) is 3.40. The number of aromatic nitrogens is 1. The number of hydrogen-bond acceptors (Lipinski definition) is 8. The molecule has 0 atom stereocenters. The minimum atomic E-state index is -0.508. The van der Waals surface area contributed by atoms with Gasteiger partial charge in [0.25, 0.3) is 0 Å². The molecular weight excluding hydrogens is 406 g/mol. The van der Waals surface area contributed by atoms with Gasteiger partial charge in [0.2, 0.25) is 0 Å². The summed E-state index contributed by atoms with van der Waals surface area (Å²) in [6.45, 7) is 1.31. The van der Waals surface area contributed by atoms with Gasteiger partial charge in [-0.25, -0.2) is 9.78 Å². The summed E-state index contributed by atoms with van der Waals surface area (Å²) in [5.41, 5.74) is 2.11. The van der Waals surface area contributed by atoms with Crippen LogP contribution in [-0.2, 0) is 16.1 Å². The van der Waals surface area contributed by atoms with Gasteiger partial charge in [-0.2, -0.15) is 0 Å². The van der Waals surface area contributed by atoms with Crippen molar-refractivity contribution in [1.82, 2.24) is 4.98 Å². The molecule has 0 aliphatic heterocycles. The topological polar surface area (TPSA) is 84.0 Å².